The molecule has 4 aromatic rings. The van der Waals surface area contributed by atoms with Gasteiger partial charge in [0.1, 0.15) is 0 Å². The highest BCUT2D eigenvalue weighted by molar-refractivity contribution is 7.90. The highest BCUT2D eigenvalue weighted by atomic mass is 32.2. The highest BCUT2D eigenvalue weighted by Gasteiger charge is 2.15. The molecule has 0 fully saturated rings. The topological polar surface area (TPSA) is 64.3 Å². The van der Waals surface area contributed by atoms with Crippen molar-refractivity contribution in [3.05, 3.63) is 95.3 Å². The van der Waals surface area contributed by atoms with Crippen molar-refractivity contribution in [1.29, 1.82) is 0 Å². The van der Waals surface area contributed by atoms with Crippen LogP contribution in [0.25, 0.3) is 17.1 Å². The second-order valence-corrected chi connectivity index (χ2v) is 8.70. The van der Waals surface area contributed by atoms with Gasteiger partial charge in [0.2, 0.25) is 4.80 Å². The van der Waals surface area contributed by atoms with Crippen LogP contribution in [0.4, 0.5) is 0 Å². The molecule has 1 heterocycles. The number of para-hydroxylation sites is 1. The van der Waals surface area contributed by atoms with Crippen LogP contribution >= 0.6 is 11.5 Å². The van der Waals surface area contributed by atoms with E-state index in [1.807, 2.05) is 71.5 Å². The first-order chi connectivity index (χ1) is 13.5. The van der Waals surface area contributed by atoms with Crippen LogP contribution < -0.4 is 4.80 Å². The first kappa shape index (κ1) is 18.3. The van der Waals surface area contributed by atoms with Crippen molar-refractivity contribution in [1.82, 2.24) is 8.94 Å². The molecule has 0 aliphatic rings. The van der Waals surface area contributed by atoms with E-state index < -0.39 is 10.0 Å². The van der Waals surface area contributed by atoms with Gasteiger partial charge in [0, 0.05) is 5.56 Å². The van der Waals surface area contributed by atoms with Crippen LogP contribution in [-0.2, 0) is 10.0 Å². The summed E-state index contributed by atoms with van der Waals surface area (Å²) in [7, 11) is -3.84. The Bertz CT molecular complexity index is 1200. The fourth-order valence-corrected chi connectivity index (χ4v) is 4.70. The fourth-order valence-electron chi connectivity index (χ4n) is 2.69. The summed E-state index contributed by atoms with van der Waals surface area (Å²) in [4.78, 5) is 4.86. The smallest absolute Gasteiger partial charge is 0.246 e. The molecule has 0 radical (unpaired) electrons. The Balaban J connectivity index is 1.88. The quantitative estimate of drug-likeness (QED) is 0.509. The molecule has 0 N–H and O–H groups in total. The van der Waals surface area contributed by atoms with Crippen molar-refractivity contribution in [3.63, 3.8) is 0 Å². The lowest BCUT2D eigenvalue weighted by molar-refractivity contribution is 0.596. The normalized spacial score (nSPS) is 12.2. The van der Waals surface area contributed by atoms with Crippen LogP contribution in [0.3, 0.4) is 0 Å². The standard InChI is InChI=1S/C21H17N3O2S2/c1-16-12-14-19(15-13-16)28(25,26)23-21-22-20(17-8-4-2-5-9-17)24(27-21)18-10-6-3-7-11-18/h2-15H,1H3. The minimum Gasteiger partial charge on any atom is -0.246 e. The van der Waals surface area contributed by atoms with Gasteiger partial charge in [-0.25, -0.2) is 3.96 Å². The molecule has 0 atom stereocenters. The number of rotatable bonds is 4. The van der Waals surface area contributed by atoms with E-state index in [1.165, 1.54) is 11.5 Å². The molecule has 140 valence electrons. The minimum atomic E-state index is -3.84. The van der Waals surface area contributed by atoms with Gasteiger partial charge in [0.05, 0.1) is 10.6 Å². The van der Waals surface area contributed by atoms with Crippen molar-refractivity contribution < 1.29 is 8.42 Å². The lowest BCUT2D eigenvalue weighted by Gasteiger charge is -2.05. The Morgan fingerprint density at radius 2 is 1.46 bits per heavy atom. The molecule has 28 heavy (non-hydrogen) atoms. The van der Waals surface area contributed by atoms with E-state index in [1.54, 1.807) is 24.3 Å². The Labute approximate surface area is 167 Å². The van der Waals surface area contributed by atoms with Gasteiger partial charge in [-0.2, -0.15) is 13.4 Å². The number of nitrogens with zero attached hydrogens (tertiary/aromatic N) is 3. The van der Waals surface area contributed by atoms with Crippen LogP contribution in [0.15, 0.2) is 94.2 Å². The van der Waals surface area contributed by atoms with E-state index in [2.05, 4.69) is 9.38 Å². The summed E-state index contributed by atoms with van der Waals surface area (Å²) in [6, 6.07) is 26.0. The van der Waals surface area contributed by atoms with Crippen molar-refractivity contribution in [3.8, 4) is 17.1 Å². The molecule has 0 saturated carbocycles. The van der Waals surface area contributed by atoms with Crippen molar-refractivity contribution >= 4 is 21.6 Å². The van der Waals surface area contributed by atoms with E-state index in [-0.39, 0.29) is 9.70 Å². The van der Waals surface area contributed by atoms with E-state index in [4.69, 9.17) is 0 Å². The zero-order valence-electron chi connectivity index (χ0n) is 15.1. The molecular formula is C21H17N3O2S2. The SMILES string of the molecule is Cc1ccc(S(=O)(=O)N=c2nc(-c3ccccc3)n(-c3ccccc3)s2)cc1. The van der Waals surface area contributed by atoms with Crippen molar-refractivity contribution in [2.24, 2.45) is 4.40 Å². The number of hydrogen-bond donors (Lipinski definition) is 0. The molecule has 7 heteroatoms. The fraction of sp³-hybridized carbons (Fsp3) is 0.0476. The predicted molar refractivity (Wildman–Crippen MR) is 111 cm³/mol. The van der Waals surface area contributed by atoms with Gasteiger partial charge in [-0.3, -0.25) is 0 Å². The number of hydrogen-bond acceptors (Lipinski definition) is 4. The van der Waals surface area contributed by atoms with Crippen LogP contribution in [0.1, 0.15) is 5.56 Å². The van der Waals surface area contributed by atoms with Gasteiger partial charge in [-0.15, -0.1) is 4.40 Å². The third kappa shape index (κ3) is 3.81. The summed E-state index contributed by atoms with van der Waals surface area (Å²) in [5, 5.41) is 0. The zero-order chi connectivity index (χ0) is 19.6. The highest BCUT2D eigenvalue weighted by Crippen LogP contribution is 2.22. The Morgan fingerprint density at radius 3 is 2.11 bits per heavy atom. The Morgan fingerprint density at radius 1 is 0.857 bits per heavy atom. The van der Waals surface area contributed by atoms with Gasteiger partial charge in [0.15, 0.2) is 5.82 Å². The first-order valence-electron chi connectivity index (χ1n) is 8.62. The molecule has 0 saturated heterocycles. The third-order valence-corrected chi connectivity index (χ3v) is 6.42. The minimum absolute atomic E-state index is 0.154. The van der Waals surface area contributed by atoms with Crippen molar-refractivity contribution in [2.45, 2.75) is 11.8 Å². The summed E-state index contributed by atoms with van der Waals surface area (Å²) in [6.07, 6.45) is 0. The maximum atomic E-state index is 12.7. The Kier molecular flexibility index (Phi) is 4.93. The molecule has 0 bridgehead atoms. The largest absolute Gasteiger partial charge is 0.285 e. The van der Waals surface area contributed by atoms with Crippen LogP contribution in [0.5, 0.6) is 0 Å². The van der Waals surface area contributed by atoms with E-state index in [0.29, 0.717) is 5.82 Å². The summed E-state index contributed by atoms with van der Waals surface area (Å²) >= 11 is 1.19. The third-order valence-electron chi connectivity index (χ3n) is 4.11. The van der Waals surface area contributed by atoms with E-state index in [0.717, 1.165) is 16.8 Å². The molecule has 1 aromatic heterocycles. The molecule has 3 aromatic carbocycles. The van der Waals surface area contributed by atoms with E-state index >= 15 is 0 Å². The summed E-state index contributed by atoms with van der Waals surface area (Å²) < 4.78 is 31.3. The monoisotopic (exact) mass is 407 g/mol. The van der Waals surface area contributed by atoms with Crippen LogP contribution in [0.2, 0.25) is 0 Å². The number of sulfonamides is 1. The predicted octanol–water partition coefficient (Wildman–Crippen LogP) is 4.20. The zero-order valence-corrected chi connectivity index (χ0v) is 16.7. The lowest BCUT2D eigenvalue weighted by atomic mass is 10.2. The number of aryl methyl sites for hydroxylation is 1. The van der Waals surface area contributed by atoms with E-state index in [9.17, 15) is 8.42 Å². The van der Waals surface area contributed by atoms with Gasteiger partial charge >= 0.3 is 0 Å². The average Bonchev–Trinajstić information content (AvgIpc) is 3.13. The maximum absolute atomic E-state index is 12.7. The molecule has 4 rings (SSSR count). The number of benzene rings is 3. The molecule has 0 aliphatic heterocycles. The molecular weight excluding hydrogens is 390 g/mol. The van der Waals surface area contributed by atoms with Gasteiger partial charge in [-0.05, 0) is 42.7 Å². The van der Waals surface area contributed by atoms with Gasteiger partial charge in [0.25, 0.3) is 10.0 Å². The molecule has 5 nitrogen and oxygen atoms in total. The number of aromatic nitrogens is 2. The van der Waals surface area contributed by atoms with Gasteiger partial charge in [-0.1, -0.05) is 66.2 Å². The second kappa shape index (κ2) is 7.53. The molecule has 0 unspecified atom stereocenters. The first-order valence-corrected chi connectivity index (χ1v) is 10.8. The molecule has 0 spiro atoms. The van der Waals surface area contributed by atoms with Crippen LogP contribution in [0, 0.1) is 6.92 Å². The second-order valence-electron chi connectivity index (χ2n) is 6.18. The lowest BCUT2D eigenvalue weighted by Crippen LogP contribution is -2.06. The van der Waals surface area contributed by atoms with Crippen molar-refractivity contribution in [2.75, 3.05) is 0 Å². The molecule has 0 aliphatic carbocycles. The summed E-state index contributed by atoms with van der Waals surface area (Å²) in [5.74, 6) is 0.648. The summed E-state index contributed by atoms with van der Waals surface area (Å²) in [6.45, 7) is 1.91. The maximum Gasteiger partial charge on any atom is 0.285 e. The summed E-state index contributed by atoms with van der Waals surface area (Å²) in [5.41, 5.74) is 2.77. The Hall–Kier alpha value is -3.03. The van der Waals surface area contributed by atoms with Gasteiger partial charge < -0.3 is 0 Å². The molecule has 0 amide bonds. The average molecular weight is 408 g/mol. The van der Waals surface area contributed by atoms with Crippen LogP contribution in [-0.4, -0.2) is 17.4 Å².